The Labute approximate surface area is 105 Å². The molecule has 0 aromatic heterocycles. The quantitative estimate of drug-likeness (QED) is 0.646. The number of anilines is 1. The molecule has 2 nitrogen and oxygen atoms in total. The Morgan fingerprint density at radius 2 is 1.94 bits per heavy atom. The van der Waals surface area contributed by atoms with Gasteiger partial charge in [0, 0.05) is 30.0 Å². The minimum atomic E-state index is -2.59. The van der Waals surface area contributed by atoms with Crippen molar-refractivity contribution >= 4 is 11.5 Å². The number of Topliss-reactive ketones (excluding diaryl/α,β-unsaturated/α-hetero) is 1. The highest BCUT2D eigenvalue weighted by atomic mass is 19.3. The first-order valence-electron chi connectivity index (χ1n) is 6.17. The lowest BCUT2D eigenvalue weighted by atomic mass is 9.81. The van der Waals surface area contributed by atoms with Gasteiger partial charge < -0.3 is 5.73 Å². The largest absolute Gasteiger partial charge is 0.399 e. The summed E-state index contributed by atoms with van der Waals surface area (Å²) in [6, 6.07) is 5.11. The van der Waals surface area contributed by atoms with Crippen LogP contribution in [-0.4, -0.2) is 11.7 Å². The van der Waals surface area contributed by atoms with E-state index in [1.54, 1.807) is 18.2 Å². The van der Waals surface area contributed by atoms with Gasteiger partial charge in [0.05, 0.1) is 0 Å². The van der Waals surface area contributed by atoms with Crippen LogP contribution in [0, 0.1) is 12.8 Å². The van der Waals surface area contributed by atoms with E-state index in [9.17, 15) is 13.6 Å². The maximum absolute atomic E-state index is 13.0. The molecule has 2 N–H and O–H groups in total. The second kappa shape index (κ2) is 4.67. The molecule has 1 fully saturated rings. The first-order valence-corrected chi connectivity index (χ1v) is 6.17. The summed E-state index contributed by atoms with van der Waals surface area (Å²) in [6.07, 6.45) is 0.181. The highest BCUT2D eigenvalue weighted by Crippen LogP contribution is 2.37. The highest BCUT2D eigenvalue weighted by Gasteiger charge is 2.37. The number of rotatable bonds is 2. The van der Waals surface area contributed by atoms with Gasteiger partial charge in [-0.3, -0.25) is 4.79 Å². The van der Waals surface area contributed by atoms with Crippen LogP contribution in [0.5, 0.6) is 0 Å². The van der Waals surface area contributed by atoms with Gasteiger partial charge in [0.15, 0.2) is 5.78 Å². The van der Waals surface area contributed by atoms with Crippen molar-refractivity contribution in [2.75, 3.05) is 5.73 Å². The lowest BCUT2D eigenvalue weighted by Gasteiger charge is -2.27. The first kappa shape index (κ1) is 13.0. The standard InChI is InChI=1S/C14H17F2NO/c1-9-8-11(17)2-3-12(9)13(18)10-4-6-14(15,16)7-5-10/h2-3,8,10H,4-7,17H2,1H3. The number of carbonyl (C=O) groups excluding carboxylic acids is 1. The Morgan fingerprint density at radius 3 is 2.50 bits per heavy atom. The number of aryl methyl sites for hydroxylation is 1. The molecule has 4 heteroatoms. The summed E-state index contributed by atoms with van der Waals surface area (Å²) in [4.78, 5) is 12.3. The third kappa shape index (κ3) is 2.68. The van der Waals surface area contributed by atoms with Crippen molar-refractivity contribution < 1.29 is 13.6 Å². The molecule has 1 aromatic rings. The van der Waals surface area contributed by atoms with E-state index in [0.717, 1.165) is 5.56 Å². The van der Waals surface area contributed by atoms with Gasteiger partial charge in [-0.05, 0) is 43.5 Å². The van der Waals surface area contributed by atoms with Gasteiger partial charge in [-0.25, -0.2) is 8.78 Å². The maximum atomic E-state index is 13.0. The second-order valence-electron chi connectivity index (χ2n) is 5.07. The molecule has 1 aliphatic carbocycles. The lowest BCUT2D eigenvalue weighted by Crippen LogP contribution is -2.29. The summed E-state index contributed by atoms with van der Waals surface area (Å²) >= 11 is 0. The average molecular weight is 253 g/mol. The number of hydrogen-bond donors (Lipinski definition) is 1. The molecule has 0 unspecified atom stereocenters. The molecule has 0 saturated heterocycles. The first-order chi connectivity index (χ1) is 8.39. The predicted octanol–water partition coefficient (Wildman–Crippen LogP) is 3.59. The predicted molar refractivity (Wildman–Crippen MR) is 66.8 cm³/mol. The van der Waals surface area contributed by atoms with E-state index in [1.807, 2.05) is 6.92 Å². The van der Waals surface area contributed by atoms with Gasteiger partial charge in [0.1, 0.15) is 0 Å². The molecule has 1 saturated carbocycles. The topological polar surface area (TPSA) is 43.1 Å². The number of ketones is 1. The SMILES string of the molecule is Cc1cc(N)ccc1C(=O)C1CCC(F)(F)CC1. The van der Waals surface area contributed by atoms with E-state index >= 15 is 0 Å². The molecule has 1 aromatic carbocycles. The van der Waals surface area contributed by atoms with Crippen molar-refractivity contribution in [3.05, 3.63) is 29.3 Å². The number of nitrogens with two attached hydrogens (primary N) is 1. The van der Waals surface area contributed by atoms with Gasteiger partial charge >= 0.3 is 0 Å². The molecule has 18 heavy (non-hydrogen) atoms. The minimum absolute atomic E-state index is 0.0250. The van der Waals surface area contributed by atoms with Gasteiger partial charge in [-0.1, -0.05) is 0 Å². The third-order valence-corrected chi connectivity index (χ3v) is 3.60. The van der Waals surface area contributed by atoms with E-state index in [4.69, 9.17) is 5.73 Å². The summed E-state index contributed by atoms with van der Waals surface area (Å²) in [7, 11) is 0. The van der Waals surface area contributed by atoms with Crippen molar-refractivity contribution in [2.45, 2.75) is 38.5 Å². The van der Waals surface area contributed by atoms with Crippen LogP contribution in [0.3, 0.4) is 0 Å². The van der Waals surface area contributed by atoms with Crippen LogP contribution in [0.1, 0.15) is 41.6 Å². The van der Waals surface area contributed by atoms with E-state index in [1.165, 1.54) is 0 Å². The van der Waals surface area contributed by atoms with Crippen LogP contribution >= 0.6 is 0 Å². The van der Waals surface area contributed by atoms with Crippen molar-refractivity contribution in [2.24, 2.45) is 5.92 Å². The maximum Gasteiger partial charge on any atom is 0.248 e. The summed E-state index contributed by atoms with van der Waals surface area (Å²) in [5, 5.41) is 0. The smallest absolute Gasteiger partial charge is 0.248 e. The van der Waals surface area contributed by atoms with Crippen LogP contribution < -0.4 is 5.73 Å². The van der Waals surface area contributed by atoms with Gasteiger partial charge in [-0.15, -0.1) is 0 Å². The van der Waals surface area contributed by atoms with Crippen molar-refractivity contribution in [1.82, 2.24) is 0 Å². The monoisotopic (exact) mass is 253 g/mol. The minimum Gasteiger partial charge on any atom is -0.399 e. The zero-order valence-corrected chi connectivity index (χ0v) is 10.4. The van der Waals surface area contributed by atoms with Gasteiger partial charge in [-0.2, -0.15) is 0 Å². The number of alkyl halides is 2. The number of hydrogen-bond acceptors (Lipinski definition) is 2. The Bertz CT molecular complexity index is 461. The summed E-state index contributed by atoms with van der Waals surface area (Å²) in [6.45, 7) is 1.82. The fraction of sp³-hybridized carbons (Fsp3) is 0.500. The molecule has 0 spiro atoms. The van der Waals surface area contributed by atoms with Crippen LogP contribution in [0.15, 0.2) is 18.2 Å². The van der Waals surface area contributed by atoms with E-state index in [0.29, 0.717) is 11.3 Å². The molecule has 0 aliphatic heterocycles. The molecule has 0 radical (unpaired) electrons. The molecule has 0 heterocycles. The molecule has 0 amide bonds. The summed E-state index contributed by atoms with van der Waals surface area (Å²) in [5.74, 6) is -2.89. The molecule has 1 aliphatic rings. The average Bonchev–Trinajstić information content (AvgIpc) is 2.28. The molecular weight excluding hydrogens is 236 g/mol. The van der Waals surface area contributed by atoms with Crippen molar-refractivity contribution in [3.63, 3.8) is 0 Å². The van der Waals surface area contributed by atoms with Gasteiger partial charge in [0.25, 0.3) is 0 Å². The summed E-state index contributed by atoms with van der Waals surface area (Å²) < 4.78 is 26.1. The van der Waals surface area contributed by atoms with E-state index in [-0.39, 0.29) is 37.4 Å². The second-order valence-corrected chi connectivity index (χ2v) is 5.07. The van der Waals surface area contributed by atoms with Crippen LogP contribution in [-0.2, 0) is 0 Å². The number of carbonyl (C=O) groups is 1. The van der Waals surface area contributed by atoms with Gasteiger partial charge in [0.2, 0.25) is 5.92 Å². The molecule has 98 valence electrons. The molecule has 0 bridgehead atoms. The highest BCUT2D eigenvalue weighted by molar-refractivity contribution is 5.99. The third-order valence-electron chi connectivity index (χ3n) is 3.60. The Kier molecular flexibility index (Phi) is 3.37. The zero-order chi connectivity index (χ0) is 13.3. The molecule has 0 atom stereocenters. The number of halogens is 2. The van der Waals surface area contributed by atoms with Crippen LogP contribution in [0.4, 0.5) is 14.5 Å². The van der Waals surface area contributed by atoms with E-state index < -0.39 is 5.92 Å². The Morgan fingerprint density at radius 1 is 1.33 bits per heavy atom. The van der Waals surface area contributed by atoms with E-state index in [2.05, 4.69) is 0 Å². The zero-order valence-electron chi connectivity index (χ0n) is 10.4. The van der Waals surface area contributed by atoms with Crippen molar-refractivity contribution in [1.29, 1.82) is 0 Å². The van der Waals surface area contributed by atoms with Crippen molar-refractivity contribution in [3.8, 4) is 0 Å². The molecular formula is C14H17F2NO. The van der Waals surface area contributed by atoms with Crippen LogP contribution in [0.2, 0.25) is 0 Å². The fourth-order valence-electron chi connectivity index (χ4n) is 2.49. The number of benzene rings is 1. The normalized spacial score (nSPS) is 19.7. The number of nitrogen functional groups attached to an aromatic ring is 1. The Hall–Kier alpha value is -1.45. The lowest BCUT2D eigenvalue weighted by molar-refractivity contribution is -0.0424. The fourth-order valence-corrected chi connectivity index (χ4v) is 2.49. The Balaban J connectivity index is 2.13. The van der Waals surface area contributed by atoms with Crippen LogP contribution in [0.25, 0.3) is 0 Å². The summed E-state index contributed by atoms with van der Waals surface area (Å²) in [5.41, 5.74) is 7.67. The molecule has 2 rings (SSSR count).